The topological polar surface area (TPSA) is 46.3 Å². The van der Waals surface area contributed by atoms with E-state index < -0.39 is 0 Å². The number of carbonyl (C=O) groups excluding carboxylic acids is 1. The zero-order valence-corrected chi connectivity index (χ0v) is 9.60. The number of rotatable bonds is 3. The Hall–Kier alpha value is -0.870. The third kappa shape index (κ3) is 2.13. The Bertz CT molecular complexity index is 306. The molecule has 0 bridgehead atoms. The van der Waals surface area contributed by atoms with Gasteiger partial charge in [-0.3, -0.25) is 4.79 Å². The number of amides is 1. The molecule has 0 aliphatic carbocycles. The Balaban J connectivity index is 2.81. The highest BCUT2D eigenvalue weighted by molar-refractivity contribution is 7.12. The maximum absolute atomic E-state index is 11.9. The first-order valence-corrected chi connectivity index (χ1v) is 5.39. The molecule has 0 unspecified atom stereocenters. The molecule has 0 aliphatic heterocycles. The highest BCUT2D eigenvalue weighted by atomic mass is 32.1. The van der Waals surface area contributed by atoms with Crippen molar-refractivity contribution in [3.63, 3.8) is 0 Å². The third-order valence-electron chi connectivity index (χ3n) is 2.44. The average molecular weight is 212 g/mol. The molecule has 0 atom stereocenters. The molecule has 1 amide bonds. The summed E-state index contributed by atoms with van der Waals surface area (Å²) in [5, 5.41) is 1.90. The fourth-order valence-electron chi connectivity index (χ4n) is 0.977. The largest absolute Gasteiger partial charge is 0.335 e. The number of likely N-dealkylation sites (N-methyl/N-ethyl adjacent to an activating group) is 1. The summed E-state index contributed by atoms with van der Waals surface area (Å²) in [6, 6.07) is 3.71. The molecular weight excluding hydrogens is 196 g/mol. The van der Waals surface area contributed by atoms with Crippen LogP contribution in [0.1, 0.15) is 23.5 Å². The molecule has 0 fully saturated rings. The predicted octanol–water partition coefficient (Wildman–Crippen LogP) is 1.56. The first kappa shape index (κ1) is 11.2. The zero-order chi connectivity index (χ0) is 10.8. The minimum Gasteiger partial charge on any atom is -0.335 e. The van der Waals surface area contributed by atoms with Crippen LogP contribution in [0.5, 0.6) is 0 Å². The van der Waals surface area contributed by atoms with E-state index in [-0.39, 0.29) is 11.4 Å². The molecule has 3 nitrogen and oxygen atoms in total. The molecule has 2 N–H and O–H groups in total. The van der Waals surface area contributed by atoms with Crippen LogP contribution in [-0.4, -0.2) is 29.9 Å². The van der Waals surface area contributed by atoms with Crippen LogP contribution in [0, 0.1) is 0 Å². The number of hydrogen-bond acceptors (Lipinski definition) is 3. The Morgan fingerprint density at radius 1 is 1.64 bits per heavy atom. The van der Waals surface area contributed by atoms with Crippen LogP contribution in [0.4, 0.5) is 0 Å². The molecule has 1 rings (SSSR count). The summed E-state index contributed by atoms with van der Waals surface area (Å²) in [4.78, 5) is 14.3. The first-order chi connectivity index (χ1) is 6.49. The van der Waals surface area contributed by atoms with E-state index in [1.807, 2.05) is 31.4 Å². The van der Waals surface area contributed by atoms with Crippen LogP contribution < -0.4 is 5.73 Å². The van der Waals surface area contributed by atoms with E-state index in [0.29, 0.717) is 6.54 Å². The monoisotopic (exact) mass is 212 g/mol. The van der Waals surface area contributed by atoms with Gasteiger partial charge in [-0.05, 0) is 25.3 Å². The van der Waals surface area contributed by atoms with Crippen LogP contribution in [0.15, 0.2) is 17.5 Å². The molecule has 0 saturated carbocycles. The number of thiophene rings is 1. The van der Waals surface area contributed by atoms with Gasteiger partial charge >= 0.3 is 0 Å². The fraction of sp³-hybridized carbons (Fsp3) is 0.500. The lowest BCUT2D eigenvalue weighted by Gasteiger charge is -2.34. The number of carbonyl (C=O) groups is 1. The van der Waals surface area contributed by atoms with Crippen molar-refractivity contribution < 1.29 is 4.79 Å². The van der Waals surface area contributed by atoms with E-state index in [9.17, 15) is 4.79 Å². The van der Waals surface area contributed by atoms with E-state index in [0.717, 1.165) is 4.88 Å². The lowest BCUT2D eigenvalue weighted by Crippen LogP contribution is -2.49. The Morgan fingerprint density at radius 3 is 2.71 bits per heavy atom. The van der Waals surface area contributed by atoms with Gasteiger partial charge in [0.1, 0.15) is 0 Å². The summed E-state index contributed by atoms with van der Waals surface area (Å²) in [6.07, 6.45) is 0. The van der Waals surface area contributed by atoms with Crippen molar-refractivity contribution in [3.8, 4) is 0 Å². The molecule has 0 radical (unpaired) electrons. The van der Waals surface area contributed by atoms with Gasteiger partial charge in [0.05, 0.1) is 4.88 Å². The molecule has 0 aliphatic rings. The van der Waals surface area contributed by atoms with Gasteiger partial charge < -0.3 is 10.6 Å². The van der Waals surface area contributed by atoms with E-state index in [1.165, 1.54) is 11.3 Å². The smallest absolute Gasteiger partial charge is 0.264 e. The number of nitrogens with two attached hydrogens (primary N) is 1. The molecule has 1 aromatic heterocycles. The van der Waals surface area contributed by atoms with Crippen molar-refractivity contribution in [1.82, 2.24) is 4.90 Å². The molecule has 0 saturated heterocycles. The van der Waals surface area contributed by atoms with Gasteiger partial charge in [-0.15, -0.1) is 11.3 Å². The maximum Gasteiger partial charge on any atom is 0.264 e. The molecule has 1 aromatic rings. The van der Waals surface area contributed by atoms with Gasteiger partial charge in [0.15, 0.2) is 0 Å². The van der Waals surface area contributed by atoms with Crippen LogP contribution in [0.25, 0.3) is 0 Å². The minimum atomic E-state index is -0.291. The Morgan fingerprint density at radius 2 is 2.29 bits per heavy atom. The SMILES string of the molecule is CN(C(=O)c1cccs1)C(C)(C)CN. The van der Waals surface area contributed by atoms with Gasteiger partial charge in [0.25, 0.3) is 5.91 Å². The number of hydrogen-bond donors (Lipinski definition) is 1. The van der Waals surface area contributed by atoms with Crippen molar-refractivity contribution in [3.05, 3.63) is 22.4 Å². The van der Waals surface area contributed by atoms with Crippen molar-refractivity contribution in [2.45, 2.75) is 19.4 Å². The lowest BCUT2D eigenvalue weighted by molar-refractivity contribution is 0.0645. The molecule has 0 aromatic carbocycles. The summed E-state index contributed by atoms with van der Waals surface area (Å²) in [7, 11) is 1.79. The second kappa shape index (κ2) is 4.11. The van der Waals surface area contributed by atoms with E-state index in [2.05, 4.69) is 0 Å². The predicted molar refractivity (Wildman–Crippen MR) is 59.5 cm³/mol. The first-order valence-electron chi connectivity index (χ1n) is 4.51. The second-order valence-corrected chi connectivity index (χ2v) is 4.81. The highest BCUT2D eigenvalue weighted by Crippen LogP contribution is 2.17. The fourth-order valence-corrected chi connectivity index (χ4v) is 1.68. The molecular formula is C10H16N2OS. The van der Waals surface area contributed by atoms with Gasteiger partial charge in [0.2, 0.25) is 0 Å². The zero-order valence-electron chi connectivity index (χ0n) is 8.78. The Labute approximate surface area is 88.5 Å². The Kier molecular flexibility index (Phi) is 3.29. The second-order valence-electron chi connectivity index (χ2n) is 3.86. The van der Waals surface area contributed by atoms with Crippen LogP contribution in [0.2, 0.25) is 0 Å². The summed E-state index contributed by atoms with van der Waals surface area (Å²) in [6.45, 7) is 4.37. The summed E-state index contributed by atoms with van der Waals surface area (Å²) in [5.41, 5.74) is 5.32. The molecule has 14 heavy (non-hydrogen) atoms. The van der Waals surface area contributed by atoms with Crippen molar-refractivity contribution in [1.29, 1.82) is 0 Å². The van der Waals surface area contributed by atoms with Crippen molar-refractivity contribution in [2.75, 3.05) is 13.6 Å². The summed E-state index contributed by atoms with van der Waals surface area (Å²) < 4.78 is 0. The lowest BCUT2D eigenvalue weighted by atomic mass is 10.0. The standard InChI is InChI=1S/C10H16N2OS/c1-10(2,7-11)12(3)9(13)8-5-4-6-14-8/h4-6H,7,11H2,1-3H3. The number of nitrogens with zero attached hydrogens (tertiary/aromatic N) is 1. The van der Waals surface area contributed by atoms with Crippen molar-refractivity contribution in [2.24, 2.45) is 5.73 Å². The normalized spacial score (nSPS) is 11.4. The van der Waals surface area contributed by atoms with Gasteiger partial charge in [0, 0.05) is 19.1 Å². The van der Waals surface area contributed by atoms with Gasteiger partial charge in [-0.1, -0.05) is 6.07 Å². The van der Waals surface area contributed by atoms with E-state index in [1.54, 1.807) is 11.9 Å². The molecule has 78 valence electrons. The highest BCUT2D eigenvalue weighted by Gasteiger charge is 2.27. The quantitative estimate of drug-likeness (QED) is 0.826. The van der Waals surface area contributed by atoms with Gasteiger partial charge in [-0.25, -0.2) is 0 Å². The van der Waals surface area contributed by atoms with E-state index in [4.69, 9.17) is 5.73 Å². The molecule has 1 heterocycles. The van der Waals surface area contributed by atoms with Crippen LogP contribution in [-0.2, 0) is 0 Å². The molecule has 0 spiro atoms. The van der Waals surface area contributed by atoms with Gasteiger partial charge in [-0.2, -0.15) is 0 Å². The third-order valence-corrected chi connectivity index (χ3v) is 3.30. The molecule has 4 heteroatoms. The summed E-state index contributed by atoms with van der Waals surface area (Å²) in [5.74, 6) is 0.0375. The van der Waals surface area contributed by atoms with Crippen LogP contribution >= 0.6 is 11.3 Å². The van der Waals surface area contributed by atoms with Crippen LogP contribution in [0.3, 0.4) is 0 Å². The summed E-state index contributed by atoms with van der Waals surface area (Å²) >= 11 is 1.45. The maximum atomic E-state index is 11.9. The average Bonchev–Trinajstić information content (AvgIpc) is 2.68. The van der Waals surface area contributed by atoms with E-state index >= 15 is 0 Å². The van der Waals surface area contributed by atoms with Crippen molar-refractivity contribution >= 4 is 17.2 Å². The minimum absolute atomic E-state index is 0.0375.